The maximum absolute atomic E-state index is 3.11. The zero-order valence-electron chi connectivity index (χ0n) is 16.8. The lowest BCUT2D eigenvalue weighted by Crippen LogP contribution is -2.26. The molecule has 0 rings (SSSR count). The molecule has 0 aromatic heterocycles. The predicted molar refractivity (Wildman–Crippen MR) is 101 cm³/mol. The van der Waals surface area contributed by atoms with Gasteiger partial charge in [-0.25, -0.2) is 0 Å². The van der Waals surface area contributed by atoms with Crippen LogP contribution in [0.3, 0.4) is 0 Å². The molecule has 0 amide bonds. The molecule has 0 spiro atoms. The molecule has 4 nitrogen and oxygen atoms in total. The van der Waals surface area contributed by atoms with Crippen LogP contribution in [0.25, 0.3) is 0 Å². The van der Waals surface area contributed by atoms with Crippen LogP contribution in [0.1, 0.15) is 69.2 Å². The van der Waals surface area contributed by atoms with Crippen molar-refractivity contribution in [2.45, 2.75) is 69.2 Å². The summed E-state index contributed by atoms with van der Waals surface area (Å²) in [4.78, 5) is 0. The zero-order valence-corrected chi connectivity index (χ0v) is 16.8. The van der Waals surface area contributed by atoms with Crippen molar-refractivity contribution in [2.75, 3.05) is 40.3 Å². The van der Waals surface area contributed by atoms with Crippen molar-refractivity contribution in [3.63, 3.8) is 0 Å². The van der Waals surface area contributed by atoms with Gasteiger partial charge in [-0.3, -0.25) is 10.9 Å². The Morgan fingerprint density at radius 2 is 0.850 bits per heavy atom. The molecule has 132 valence electrons. The van der Waals surface area contributed by atoms with E-state index in [1.54, 1.807) is 0 Å². The molecule has 4 N–H and O–H groups in total. The summed E-state index contributed by atoms with van der Waals surface area (Å²) in [7, 11) is 3.78. The minimum atomic E-state index is 0.983. The van der Waals surface area contributed by atoms with Gasteiger partial charge in [-0.15, -0.1) is 0 Å². The third-order valence-electron chi connectivity index (χ3n) is 1.21. The number of hydrazine groups is 1. The molecular formula is C16H48N4. The first-order valence-electron chi connectivity index (χ1n) is 8.49. The second-order valence-corrected chi connectivity index (χ2v) is 2.44. The van der Waals surface area contributed by atoms with E-state index in [9.17, 15) is 0 Å². The van der Waals surface area contributed by atoms with Gasteiger partial charge in [0.1, 0.15) is 0 Å². The van der Waals surface area contributed by atoms with Crippen LogP contribution in [0.4, 0.5) is 0 Å². The lowest BCUT2D eigenvalue weighted by molar-refractivity contribution is 0.623. The lowest BCUT2D eigenvalue weighted by Gasteiger charge is -1.90. The maximum atomic E-state index is 3.11. The summed E-state index contributed by atoms with van der Waals surface area (Å²) in [6, 6.07) is 0. The molecule has 0 heterocycles. The summed E-state index contributed by atoms with van der Waals surface area (Å²) in [5.41, 5.74) is 5.63. The number of rotatable bonds is 5. The maximum Gasteiger partial charge on any atom is 0.00712 e. The van der Waals surface area contributed by atoms with Gasteiger partial charge in [-0.1, -0.05) is 69.2 Å². The Balaban J connectivity index is -0.0000000311. The van der Waals surface area contributed by atoms with Crippen molar-refractivity contribution in [2.24, 2.45) is 0 Å². The Morgan fingerprint density at radius 3 is 0.850 bits per heavy atom. The van der Waals surface area contributed by atoms with Crippen molar-refractivity contribution < 1.29 is 0 Å². The van der Waals surface area contributed by atoms with Gasteiger partial charge in [0, 0.05) is 6.54 Å². The van der Waals surface area contributed by atoms with Crippen LogP contribution in [0.15, 0.2) is 0 Å². The molecule has 0 fully saturated rings. The number of nitrogens with one attached hydrogen (secondary N) is 4. The van der Waals surface area contributed by atoms with Crippen LogP contribution < -0.4 is 21.5 Å². The van der Waals surface area contributed by atoms with E-state index in [-0.39, 0.29) is 0 Å². The SMILES string of the molecule is CC.CC.CC.CCNC.CCNCC.CCNNC. The minimum absolute atomic E-state index is 0.983. The molecule has 0 aromatic rings. The second kappa shape index (κ2) is 97.6. The van der Waals surface area contributed by atoms with Gasteiger partial charge >= 0.3 is 0 Å². The topological polar surface area (TPSA) is 48.1 Å². The quantitative estimate of drug-likeness (QED) is 0.585. The summed E-state index contributed by atoms with van der Waals surface area (Å²) in [5, 5.41) is 6.04. The fraction of sp³-hybridized carbons (Fsp3) is 1.00. The second-order valence-electron chi connectivity index (χ2n) is 2.44. The molecule has 0 aliphatic heterocycles. The van der Waals surface area contributed by atoms with E-state index in [1.807, 2.05) is 62.6 Å². The average Bonchev–Trinajstić information content (AvgIpc) is 2.55. The Hall–Kier alpha value is -0.160. The van der Waals surface area contributed by atoms with Crippen molar-refractivity contribution in [1.82, 2.24) is 21.5 Å². The van der Waals surface area contributed by atoms with Gasteiger partial charge in [0.25, 0.3) is 0 Å². The molecule has 0 saturated carbocycles. The molecule has 0 atom stereocenters. The van der Waals surface area contributed by atoms with Crippen LogP contribution >= 0.6 is 0 Å². The molecule has 0 bridgehead atoms. The van der Waals surface area contributed by atoms with Crippen molar-refractivity contribution in [3.05, 3.63) is 0 Å². The Labute approximate surface area is 131 Å². The predicted octanol–water partition coefficient (Wildman–Crippen LogP) is 3.65. The normalized spacial score (nSPS) is 6.60. The number of hydrogen-bond donors (Lipinski definition) is 4. The van der Waals surface area contributed by atoms with Crippen LogP contribution in [-0.2, 0) is 0 Å². The molecule has 0 saturated heterocycles. The zero-order chi connectivity index (χ0) is 17.7. The van der Waals surface area contributed by atoms with Gasteiger partial charge in [-0.2, -0.15) is 0 Å². The first-order valence-corrected chi connectivity index (χ1v) is 8.49. The first kappa shape index (κ1) is 36.8. The van der Waals surface area contributed by atoms with Gasteiger partial charge < -0.3 is 10.6 Å². The lowest BCUT2D eigenvalue weighted by atomic mass is 10.7. The van der Waals surface area contributed by atoms with E-state index in [1.165, 1.54) is 0 Å². The third-order valence-corrected chi connectivity index (χ3v) is 1.21. The molecule has 0 aliphatic carbocycles. The first-order chi connectivity index (χ1) is 9.74. The van der Waals surface area contributed by atoms with Crippen LogP contribution in [0.2, 0.25) is 0 Å². The van der Waals surface area contributed by atoms with Crippen molar-refractivity contribution >= 4 is 0 Å². The van der Waals surface area contributed by atoms with Crippen LogP contribution in [0.5, 0.6) is 0 Å². The van der Waals surface area contributed by atoms with Crippen LogP contribution in [0, 0.1) is 0 Å². The standard InChI is InChI=1S/C4H11N.C3H10N2.C3H9N.3C2H6/c2*1-3-5-4-2;1-3-4-2;3*1-2/h5H,3-4H2,1-2H3;4-5H,3H2,1-2H3;4H,3H2,1-2H3;3*1-2H3. The number of hydrogen-bond acceptors (Lipinski definition) is 4. The summed E-state index contributed by atoms with van der Waals surface area (Å²) in [5.74, 6) is 0. The Bertz CT molecular complexity index is 50.4. The largest absolute Gasteiger partial charge is 0.320 e. The minimum Gasteiger partial charge on any atom is -0.320 e. The molecule has 20 heavy (non-hydrogen) atoms. The summed E-state index contributed by atoms with van der Waals surface area (Å²) < 4.78 is 0. The van der Waals surface area contributed by atoms with Gasteiger partial charge in [0.2, 0.25) is 0 Å². The van der Waals surface area contributed by atoms with E-state index < -0.39 is 0 Å². The molecule has 0 aromatic carbocycles. The highest BCUT2D eigenvalue weighted by Gasteiger charge is 1.62. The monoisotopic (exact) mass is 296 g/mol. The highest BCUT2D eigenvalue weighted by atomic mass is 15.3. The fourth-order valence-electron chi connectivity index (χ4n) is 0.427. The van der Waals surface area contributed by atoms with Crippen molar-refractivity contribution in [1.29, 1.82) is 0 Å². The summed E-state index contributed by atoms with van der Waals surface area (Å²) in [6.45, 7) is 24.5. The van der Waals surface area contributed by atoms with Gasteiger partial charge in [0.05, 0.1) is 0 Å². The highest BCUT2D eigenvalue weighted by Crippen LogP contribution is 1.47. The molecule has 0 aliphatic rings. The van der Waals surface area contributed by atoms with Crippen LogP contribution in [-0.4, -0.2) is 40.3 Å². The van der Waals surface area contributed by atoms with E-state index >= 15 is 0 Å². The molecule has 4 heteroatoms. The fourth-order valence-corrected chi connectivity index (χ4v) is 0.427. The van der Waals surface area contributed by atoms with E-state index in [0.717, 1.165) is 26.2 Å². The van der Waals surface area contributed by atoms with Gasteiger partial charge in [0.15, 0.2) is 0 Å². The smallest absolute Gasteiger partial charge is 0.00712 e. The molecule has 0 radical (unpaired) electrons. The third kappa shape index (κ3) is 216. The van der Waals surface area contributed by atoms with Crippen molar-refractivity contribution in [3.8, 4) is 0 Å². The Kier molecular flexibility index (Phi) is 179. The van der Waals surface area contributed by atoms with E-state index in [0.29, 0.717) is 0 Å². The summed E-state index contributed by atoms with van der Waals surface area (Å²) in [6.07, 6.45) is 0. The average molecular weight is 297 g/mol. The Morgan fingerprint density at radius 1 is 0.550 bits per heavy atom. The molecular weight excluding hydrogens is 248 g/mol. The highest BCUT2D eigenvalue weighted by molar-refractivity contribution is 4.27. The molecule has 0 unspecified atom stereocenters. The summed E-state index contributed by atoms with van der Waals surface area (Å²) >= 11 is 0. The van der Waals surface area contributed by atoms with E-state index in [2.05, 4.69) is 42.3 Å². The van der Waals surface area contributed by atoms with Gasteiger partial charge in [-0.05, 0) is 33.7 Å². The van der Waals surface area contributed by atoms with E-state index in [4.69, 9.17) is 0 Å².